The van der Waals surface area contributed by atoms with E-state index in [0.717, 1.165) is 0 Å². The molecule has 2 atom stereocenters. The summed E-state index contributed by atoms with van der Waals surface area (Å²) in [7, 11) is 2.82. The quantitative estimate of drug-likeness (QED) is 0.477. The number of carbonyl (C=O) groups excluding carboxylic acids is 3. The molecule has 8 heteroatoms. The zero-order valence-electron chi connectivity index (χ0n) is 10.9. The van der Waals surface area contributed by atoms with Crippen molar-refractivity contribution in [3.05, 3.63) is 0 Å². The smallest absolute Gasteiger partial charge is 0.329 e. The third-order valence-electron chi connectivity index (χ3n) is 2.56. The molecule has 0 aliphatic carbocycles. The highest BCUT2D eigenvalue weighted by atomic mass is 32.2. The third-order valence-corrected chi connectivity index (χ3v) is 3.87. The van der Waals surface area contributed by atoms with Gasteiger partial charge in [-0.25, -0.2) is 4.79 Å². The topological polar surface area (TPSA) is 93.7 Å². The van der Waals surface area contributed by atoms with Crippen molar-refractivity contribution in [3.8, 4) is 0 Å². The fraction of sp³-hybridized carbons (Fsp3) is 0.727. The van der Waals surface area contributed by atoms with Crippen LogP contribution in [0.15, 0.2) is 0 Å². The Kier molecular flexibility index (Phi) is 6.65. The van der Waals surface area contributed by atoms with Gasteiger partial charge in [0.25, 0.3) is 0 Å². The van der Waals surface area contributed by atoms with Gasteiger partial charge in [-0.05, 0) is 0 Å². The lowest BCUT2D eigenvalue weighted by Crippen LogP contribution is -2.51. The molecule has 0 aromatic heterocycles. The number of ether oxygens (including phenoxy) is 2. The van der Waals surface area contributed by atoms with Gasteiger partial charge < -0.3 is 20.1 Å². The lowest BCUT2D eigenvalue weighted by molar-refractivity contribution is -0.144. The first-order valence-electron chi connectivity index (χ1n) is 5.84. The van der Waals surface area contributed by atoms with Gasteiger partial charge in [-0.3, -0.25) is 9.59 Å². The van der Waals surface area contributed by atoms with E-state index in [0.29, 0.717) is 18.9 Å². The minimum Gasteiger partial charge on any atom is -0.467 e. The summed E-state index contributed by atoms with van der Waals surface area (Å²) in [6.07, 6.45) is 0.0914. The maximum Gasteiger partial charge on any atom is 0.329 e. The van der Waals surface area contributed by atoms with Gasteiger partial charge in [0.1, 0.15) is 6.04 Å². The Balaban J connectivity index is 2.35. The average molecular weight is 290 g/mol. The summed E-state index contributed by atoms with van der Waals surface area (Å²) in [6, 6.07) is -0.629. The average Bonchev–Trinajstić information content (AvgIpc) is 2.40. The Labute approximate surface area is 115 Å². The lowest BCUT2D eigenvalue weighted by atomic mass is 10.2. The molecule has 0 radical (unpaired) electrons. The molecule has 2 N–H and O–H groups in total. The van der Waals surface area contributed by atoms with Crippen LogP contribution in [0, 0.1) is 0 Å². The van der Waals surface area contributed by atoms with E-state index in [9.17, 15) is 14.4 Å². The monoisotopic (exact) mass is 290 g/mol. The van der Waals surface area contributed by atoms with E-state index in [1.807, 2.05) is 0 Å². The van der Waals surface area contributed by atoms with E-state index in [2.05, 4.69) is 15.4 Å². The van der Waals surface area contributed by atoms with Crippen LogP contribution in [0.4, 0.5) is 0 Å². The molecular formula is C11H18N2O5S. The first-order valence-corrected chi connectivity index (χ1v) is 6.88. The molecule has 1 aliphatic heterocycles. The highest BCUT2D eigenvalue weighted by Crippen LogP contribution is 2.21. The lowest BCUT2D eigenvalue weighted by Gasteiger charge is -2.26. The van der Waals surface area contributed by atoms with Crippen molar-refractivity contribution in [2.75, 3.05) is 33.1 Å². The molecule has 2 amide bonds. The first-order chi connectivity index (χ1) is 9.08. The molecule has 108 valence electrons. The van der Waals surface area contributed by atoms with Crippen LogP contribution in [0.25, 0.3) is 0 Å². The maximum atomic E-state index is 11.7. The minimum absolute atomic E-state index is 0.0914. The van der Waals surface area contributed by atoms with Crippen LogP contribution < -0.4 is 10.6 Å². The Morgan fingerprint density at radius 3 is 2.79 bits per heavy atom. The Morgan fingerprint density at radius 1 is 1.47 bits per heavy atom. The van der Waals surface area contributed by atoms with E-state index >= 15 is 0 Å². The fourth-order valence-corrected chi connectivity index (χ4v) is 2.68. The summed E-state index contributed by atoms with van der Waals surface area (Å²) in [6.45, 7) is 0.847. The molecule has 1 heterocycles. The molecule has 19 heavy (non-hydrogen) atoms. The van der Waals surface area contributed by atoms with Crippen molar-refractivity contribution in [2.45, 2.75) is 17.7 Å². The number of esters is 1. The second kappa shape index (κ2) is 8.00. The van der Waals surface area contributed by atoms with Crippen molar-refractivity contribution in [1.82, 2.24) is 10.6 Å². The molecule has 0 unspecified atom stereocenters. The molecule has 7 nitrogen and oxygen atoms in total. The normalized spacial score (nSPS) is 22.5. The zero-order valence-corrected chi connectivity index (χ0v) is 11.7. The van der Waals surface area contributed by atoms with Crippen molar-refractivity contribution in [2.24, 2.45) is 0 Å². The summed E-state index contributed by atoms with van der Waals surface area (Å²) >= 11 is 1.29. The van der Waals surface area contributed by atoms with Gasteiger partial charge >= 0.3 is 5.97 Å². The molecule has 0 saturated carbocycles. The predicted octanol–water partition coefficient (Wildman–Crippen LogP) is -1.09. The number of thioether (sulfide) groups is 1. The molecule has 1 saturated heterocycles. The number of hydrogen-bond acceptors (Lipinski definition) is 6. The Bertz CT molecular complexity index is 350. The second-order valence-corrected chi connectivity index (χ2v) is 5.19. The summed E-state index contributed by atoms with van der Waals surface area (Å²) in [5, 5.41) is 4.73. The van der Waals surface area contributed by atoms with Crippen molar-refractivity contribution in [1.29, 1.82) is 0 Å². The van der Waals surface area contributed by atoms with Crippen LogP contribution in [0.1, 0.15) is 6.42 Å². The number of methoxy groups -OCH3 is 2. The first kappa shape index (κ1) is 15.8. The van der Waals surface area contributed by atoms with E-state index < -0.39 is 17.3 Å². The van der Waals surface area contributed by atoms with Gasteiger partial charge in [0.05, 0.1) is 19.0 Å². The summed E-state index contributed by atoms with van der Waals surface area (Å²) in [5.74, 6) is -0.576. The number of carbonyl (C=O) groups is 3. The number of hydrogen-bond donors (Lipinski definition) is 2. The highest BCUT2D eigenvalue weighted by Gasteiger charge is 2.33. The van der Waals surface area contributed by atoms with Crippen molar-refractivity contribution in [3.63, 3.8) is 0 Å². The fourth-order valence-electron chi connectivity index (χ4n) is 1.55. The minimum atomic E-state index is -0.629. The predicted molar refractivity (Wildman–Crippen MR) is 69.7 cm³/mol. The standard InChI is InChI=1S/C11H18N2O5S/c1-17-4-3-12-9(14)5-8-10(15)13-7(6-19-8)11(16)18-2/h7-8H,3-6H2,1-2H3,(H,12,14)(H,13,15)/t7-,8+/m1/s1. The van der Waals surface area contributed by atoms with E-state index in [-0.39, 0.29) is 18.2 Å². The van der Waals surface area contributed by atoms with Crippen molar-refractivity contribution >= 4 is 29.5 Å². The number of nitrogens with one attached hydrogen (secondary N) is 2. The molecule has 0 aromatic carbocycles. The van der Waals surface area contributed by atoms with Gasteiger partial charge in [0, 0.05) is 25.8 Å². The maximum absolute atomic E-state index is 11.7. The van der Waals surface area contributed by atoms with Crippen LogP contribution in [-0.2, 0) is 23.9 Å². The molecule has 0 bridgehead atoms. The number of rotatable bonds is 6. The molecule has 1 rings (SSSR count). The van der Waals surface area contributed by atoms with Crippen molar-refractivity contribution < 1.29 is 23.9 Å². The Hall–Kier alpha value is -1.28. The highest BCUT2D eigenvalue weighted by molar-refractivity contribution is 8.00. The van der Waals surface area contributed by atoms with Crippen LogP contribution in [0.3, 0.4) is 0 Å². The Morgan fingerprint density at radius 2 is 2.21 bits per heavy atom. The van der Waals surface area contributed by atoms with Crippen LogP contribution in [-0.4, -0.2) is 62.2 Å². The van der Waals surface area contributed by atoms with E-state index in [4.69, 9.17) is 4.74 Å². The van der Waals surface area contributed by atoms with Crippen LogP contribution in [0.2, 0.25) is 0 Å². The molecule has 1 aliphatic rings. The molecule has 0 aromatic rings. The summed E-state index contributed by atoms with van der Waals surface area (Å²) in [5.41, 5.74) is 0. The molecular weight excluding hydrogens is 272 g/mol. The van der Waals surface area contributed by atoms with Gasteiger partial charge in [-0.1, -0.05) is 0 Å². The van der Waals surface area contributed by atoms with Crippen LogP contribution in [0.5, 0.6) is 0 Å². The zero-order chi connectivity index (χ0) is 14.3. The summed E-state index contributed by atoms with van der Waals surface area (Å²) in [4.78, 5) is 34.6. The van der Waals surface area contributed by atoms with Gasteiger partial charge in [-0.2, -0.15) is 0 Å². The van der Waals surface area contributed by atoms with Gasteiger partial charge in [0.2, 0.25) is 11.8 Å². The van der Waals surface area contributed by atoms with Gasteiger partial charge in [-0.15, -0.1) is 11.8 Å². The van der Waals surface area contributed by atoms with Crippen LogP contribution >= 0.6 is 11.8 Å². The molecule has 0 spiro atoms. The SMILES string of the molecule is COCCNC(=O)C[C@@H]1SC[C@H](C(=O)OC)NC1=O. The summed E-state index contributed by atoms with van der Waals surface area (Å²) < 4.78 is 9.37. The van der Waals surface area contributed by atoms with E-state index in [1.54, 1.807) is 7.11 Å². The molecule has 1 fully saturated rings. The number of amides is 2. The second-order valence-electron chi connectivity index (χ2n) is 3.95. The van der Waals surface area contributed by atoms with E-state index in [1.165, 1.54) is 18.9 Å². The van der Waals surface area contributed by atoms with Gasteiger partial charge in [0.15, 0.2) is 0 Å². The largest absolute Gasteiger partial charge is 0.467 e. The third kappa shape index (κ3) is 5.07.